The number of halogens is 1. The zero-order chi connectivity index (χ0) is 20.1. The molecule has 0 aromatic heterocycles. The monoisotopic (exact) mass is 478 g/mol. The molecule has 0 rings (SSSR count). The fourth-order valence-electron chi connectivity index (χ4n) is 1.02. The number of rotatable bonds is 3. The standard InChI is InChI=1S/C19H38N6.HI/c1-13(17(4,5)6)20-23-16(24-21-14(2)18(7,8)9)25-22-15(3)19(10,11)12;/h1-12H3,(H2,23,24,25);1H. The second kappa shape index (κ2) is 10.5. The SMILES string of the molecule is CC(=N/N=C(\NN=C(C)C(C)(C)C)[NH2+]N=C(C)C(C)(C)C)C(C)(C)C.[I-]. The number of nitrogens with two attached hydrogens (primary N) is 1. The van der Waals surface area contributed by atoms with Crippen LogP contribution >= 0.6 is 0 Å². The molecule has 0 heterocycles. The quantitative estimate of drug-likeness (QED) is 0.203. The molecule has 152 valence electrons. The van der Waals surface area contributed by atoms with Crippen LogP contribution in [0.3, 0.4) is 0 Å². The van der Waals surface area contributed by atoms with Crippen molar-refractivity contribution in [2.75, 3.05) is 0 Å². The highest BCUT2D eigenvalue weighted by atomic mass is 127. The van der Waals surface area contributed by atoms with E-state index in [2.05, 4.69) is 88.1 Å². The Labute approximate surface area is 177 Å². The predicted octanol–water partition coefficient (Wildman–Crippen LogP) is 0.765. The lowest BCUT2D eigenvalue weighted by Crippen LogP contribution is -3.00. The number of hydrazone groups is 1. The molecule has 0 aliphatic heterocycles. The minimum absolute atomic E-state index is 0. The summed E-state index contributed by atoms with van der Waals surface area (Å²) in [6, 6.07) is 0. The van der Waals surface area contributed by atoms with Crippen LogP contribution in [0.1, 0.15) is 83.1 Å². The minimum Gasteiger partial charge on any atom is -1.00 e. The Balaban J connectivity index is 0. The molecule has 26 heavy (non-hydrogen) atoms. The summed E-state index contributed by atoms with van der Waals surface area (Å²) in [7, 11) is 0. The summed E-state index contributed by atoms with van der Waals surface area (Å²) >= 11 is 0. The first kappa shape index (κ1) is 27.4. The van der Waals surface area contributed by atoms with Crippen LogP contribution in [0, 0.1) is 16.2 Å². The lowest BCUT2D eigenvalue weighted by atomic mass is 9.91. The van der Waals surface area contributed by atoms with Crippen molar-refractivity contribution < 1.29 is 29.4 Å². The Morgan fingerprint density at radius 1 is 0.654 bits per heavy atom. The molecular formula is C19H39IN6. The maximum Gasteiger partial charge on any atom is 0.365 e. The van der Waals surface area contributed by atoms with E-state index in [4.69, 9.17) is 0 Å². The van der Waals surface area contributed by atoms with Crippen LogP contribution < -0.4 is 34.8 Å². The third kappa shape index (κ3) is 11.0. The molecule has 0 unspecified atom stereocenters. The molecule has 7 heteroatoms. The number of hydrogen-bond donors (Lipinski definition) is 2. The molecule has 0 aliphatic rings. The summed E-state index contributed by atoms with van der Waals surface area (Å²) in [4.78, 5) is 0. The van der Waals surface area contributed by atoms with E-state index in [1.54, 1.807) is 5.43 Å². The number of hydrogen-bond acceptors (Lipinski definition) is 4. The highest BCUT2D eigenvalue weighted by Crippen LogP contribution is 2.16. The van der Waals surface area contributed by atoms with Gasteiger partial charge in [0.15, 0.2) is 0 Å². The average Bonchev–Trinajstić information content (AvgIpc) is 2.42. The van der Waals surface area contributed by atoms with E-state index in [0.29, 0.717) is 5.96 Å². The van der Waals surface area contributed by atoms with Gasteiger partial charge in [-0.25, -0.2) is 5.43 Å². The molecule has 3 N–H and O–H groups in total. The van der Waals surface area contributed by atoms with Gasteiger partial charge in [0.1, 0.15) is 0 Å². The Hall–Kier alpha value is -0.830. The van der Waals surface area contributed by atoms with Crippen molar-refractivity contribution in [2.45, 2.75) is 83.1 Å². The van der Waals surface area contributed by atoms with Crippen LogP contribution in [0.2, 0.25) is 0 Å². The predicted molar refractivity (Wildman–Crippen MR) is 110 cm³/mol. The van der Waals surface area contributed by atoms with E-state index >= 15 is 0 Å². The zero-order valence-electron chi connectivity index (χ0n) is 18.7. The zero-order valence-corrected chi connectivity index (χ0v) is 20.9. The molecule has 0 bridgehead atoms. The number of nitrogens with zero attached hydrogens (tertiary/aromatic N) is 4. The lowest BCUT2D eigenvalue weighted by molar-refractivity contribution is -0.550. The smallest absolute Gasteiger partial charge is 0.365 e. The van der Waals surface area contributed by atoms with Gasteiger partial charge in [0, 0.05) is 27.7 Å². The van der Waals surface area contributed by atoms with Crippen molar-refractivity contribution >= 4 is 23.1 Å². The first-order valence-electron chi connectivity index (χ1n) is 8.86. The normalized spacial score (nSPS) is 15.7. The molecule has 0 fully saturated rings. The lowest BCUT2D eigenvalue weighted by Gasteiger charge is -2.18. The van der Waals surface area contributed by atoms with E-state index in [-0.39, 0.29) is 40.2 Å². The Morgan fingerprint density at radius 3 is 1.46 bits per heavy atom. The number of quaternary nitrogens is 1. The number of guanidine groups is 1. The van der Waals surface area contributed by atoms with Gasteiger partial charge in [-0.1, -0.05) is 72.5 Å². The molecule has 0 atom stereocenters. The van der Waals surface area contributed by atoms with Crippen molar-refractivity contribution in [1.29, 1.82) is 0 Å². The summed E-state index contributed by atoms with van der Waals surface area (Å²) in [5, 5.41) is 17.6. The van der Waals surface area contributed by atoms with E-state index in [1.807, 2.05) is 20.8 Å². The van der Waals surface area contributed by atoms with E-state index in [0.717, 1.165) is 17.1 Å². The largest absolute Gasteiger partial charge is 1.00 e. The molecule has 0 amide bonds. The van der Waals surface area contributed by atoms with Crippen molar-refractivity contribution in [3.05, 3.63) is 0 Å². The first-order valence-corrected chi connectivity index (χ1v) is 8.86. The third-order valence-corrected chi connectivity index (χ3v) is 4.28. The van der Waals surface area contributed by atoms with E-state index < -0.39 is 0 Å². The average molecular weight is 478 g/mol. The molecule has 0 saturated carbocycles. The molecule has 0 aliphatic carbocycles. The van der Waals surface area contributed by atoms with Crippen LogP contribution in [-0.2, 0) is 0 Å². The minimum atomic E-state index is -0.0240. The van der Waals surface area contributed by atoms with Gasteiger partial charge in [-0.15, -0.1) is 0 Å². The van der Waals surface area contributed by atoms with Crippen LogP contribution in [0.15, 0.2) is 20.4 Å². The summed E-state index contributed by atoms with van der Waals surface area (Å²) in [6.45, 7) is 25.1. The molecule has 6 nitrogen and oxygen atoms in total. The number of nitrogens with one attached hydrogen (secondary N) is 1. The molecule has 0 aromatic carbocycles. The second-order valence-electron chi connectivity index (χ2n) is 9.57. The maximum atomic E-state index is 4.54. The van der Waals surface area contributed by atoms with Gasteiger partial charge in [-0.2, -0.15) is 15.6 Å². The van der Waals surface area contributed by atoms with Gasteiger partial charge < -0.3 is 24.0 Å². The summed E-state index contributed by atoms with van der Waals surface area (Å²) in [6.07, 6.45) is 0. The van der Waals surface area contributed by atoms with Crippen LogP contribution in [0.5, 0.6) is 0 Å². The van der Waals surface area contributed by atoms with Crippen molar-refractivity contribution in [3.63, 3.8) is 0 Å². The third-order valence-electron chi connectivity index (χ3n) is 4.28. The van der Waals surface area contributed by atoms with Crippen LogP contribution in [-0.4, -0.2) is 23.1 Å². The fraction of sp³-hybridized carbons (Fsp3) is 0.789. The van der Waals surface area contributed by atoms with Gasteiger partial charge in [-0.05, 0) is 20.8 Å². The summed E-state index contributed by atoms with van der Waals surface area (Å²) in [5.41, 5.74) is 7.64. The van der Waals surface area contributed by atoms with Gasteiger partial charge in [0.25, 0.3) is 0 Å². The molecule has 0 radical (unpaired) electrons. The topological polar surface area (TPSA) is 78.1 Å². The van der Waals surface area contributed by atoms with Gasteiger partial charge >= 0.3 is 5.96 Å². The highest BCUT2D eigenvalue weighted by molar-refractivity contribution is 5.89. The summed E-state index contributed by atoms with van der Waals surface area (Å²) in [5.74, 6) is 0.524. The highest BCUT2D eigenvalue weighted by Gasteiger charge is 2.18. The molecular weight excluding hydrogens is 439 g/mol. The Bertz CT molecular complexity index is 532. The first-order chi connectivity index (χ1) is 11.0. The Morgan fingerprint density at radius 2 is 1.08 bits per heavy atom. The Kier molecular flexibility index (Phi) is 11.1. The van der Waals surface area contributed by atoms with E-state index in [9.17, 15) is 0 Å². The second-order valence-corrected chi connectivity index (χ2v) is 9.57. The van der Waals surface area contributed by atoms with Crippen molar-refractivity contribution in [1.82, 2.24) is 5.43 Å². The van der Waals surface area contributed by atoms with Gasteiger partial charge in [-0.3, -0.25) is 0 Å². The van der Waals surface area contributed by atoms with E-state index in [1.165, 1.54) is 0 Å². The van der Waals surface area contributed by atoms with Crippen molar-refractivity contribution in [3.8, 4) is 0 Å². The summed E-state index contributed by atoms with van der Waals surface area (Å²) < 4.78 is 0. The van der Waals surface area contributed by atoms with Crippen LogP contribution in [0.4, 0.5) is 0 Å². The van der Waals surface area contributed by atoms with Gasteiger partial charge in [0.2, 0.25) is 0 Å². The fourth-order valence-corrected chi connectivity index (χ4v) is 1.02. The molecule has 0 aromatic rings. The molecule has 0 spiro atoms. The molecule has 0 saturated heterocycles. The maximum absolute atomic E-state index is 4.54. The van der Waals surface area contributed by atoms with Crippen molar-refractivity contribution in [2.24, 2.45) is 36.7 Å². The van der Waals surface area contributed by atoms with Crippen LogP contribution in [0.25, 0.3) is 0 Å². The van der Waals surface area contributed by atoms with Gasteiger partial charge in [0.05, 0.1) is 5.71 Å².